The second kappa shape index (κ2) is 9.84. The van der Waals surface area contributed by atoms with E-state index in [1.165, 1.54) is 16.0 Å². The van der Waals surface area contributed by atoms with Crippen LogP contribution in [0, 0.1) is 6.92 Å². The van der Waals surface area contributed by atoms with Crippen molar-refractivity contribution in [2.45, 2.75) is 13.5 Å². The minimum absolute atomic E-state index is 0.0280. The Balaban J connectivity index is 2.73. The van der Waals surface area contributed by atoms with E-state index in [9.17, 15) is 4.79 Å². The van der Waals surface area contributed by atoms with Crippen molar-refractivity contribution in [1.82, 2.24) is 15.1 Å². The van der Waals surface area contributed by atoms with Gasteiger partial charge < -0.3 is 19.9 Å². The number of rotatable bonds is 7. The number of aryl methyl sites for hydroxylation is 1. The van der Waals surface area contributed by atoms with Gasteiger partial charge >= 0.3 is 0 Å². The molecule has 0 aliphatic heterocycles. The molecule has 0 radical (unpaired) electrons. The Labute approximate surface area is 139 Å². The van der Waals surface area contributed by atoms with Gasteiger partial charge in [-0.2, -0.15) is 0 Å². The van der Waals surface area contributed by atoms with Crippen molar-refractivity contribution in [3.63, 3.8) is 0 Å². The number of guanidine groups is 1. The third kappa shape index (κ3) is 7.15. The fourth-order valence-electron chi connectivity index (χ4n) is 1.90. The first-order chi connectivity index (χ1) is 10.9. The van der Waals surface area contributed by atoms with Crippen LogP contribution in [0.1, 0.15) is 11.1 Å². The number of benzene rings is 1. The number of hydrogen-bond donors (Lipinski definition) is 1. The number of methoxy groups -OCH3 is 1. The fraction of sp³-hybridized carbons (Fsp3) is 0.529. The normalized spacial score (nSPS) is 11.3. The van der Waals surface area contributed by atoms with Crippen LogP contribution >= 0.6 is 0 Å². The Bertz CT molecular complexity index is 512. The average Bonchev–Trinajstić information content (AvgIpc) is 2.52. The number of amides is 1. The van der Waals surface area contributed by atoms with Gasteiger partial charge in [0.25, 0.3) is 0 Å². The highest BCUT2D eigenvalue weighted by Crippen LogP contribution is 2.06. The maximum absolute atomic E-state index is 11.7. The van der Waals surface area contributed by atoms with Crippen molar-refractivity contribution < 1.29 is 9.53 Å². The molecule has 6 heteroatoms. The predicted octanol–water partition coefficient (Wildman–Crippen LogP) is 1.11. The summed E-state index contributed by atoms with van der Waals surface area (Å²) in [5.74, 6) is 0.664. The van der Waals surface area contributed by atoms with Gasteiger partial charge in [0.15, 0.2) is 5.96 Å². The number of aliphatic imine (C=N–C) groups is 1. The third-order valence-corrected chi connectivity index (χ3v) is 3.35. The van der Waals surface area contributed by atoms with E-state index >= 15 is 0 Å². The second-order valence-electron chi connectivity index (χ2n) is 5.69. The molecule has 0 atom stereocenters. The zero-order chi connectivity index (χ0) is 17.2. The van der Waals surface area contributed by atoms with Crippen LogP contribution in [-0.2, 0) is 16.1 Å². The lowest BCUT2D eigenvalue weighted by molar-refractivity contribution is -0.127. The van der Waals surface area contributed by atoms with Crippen LogP contribution in [0.5, 0.6) is 0 Å². The molecule has 0 fully saturated rings. The SMILES string of the molecule is COCCNC(=NCC(=O)N(C)C)N(C)Cc1ccc(C)cc1. The summed E-state index contributed by atoms with van der Waals surface area (Å²) in [6.07, 6.45) is 0. The molecule has 0 aliphatic rings. The molecular formula is C17H28N4O2. The summed E-state index contributed by atoms with van der Waals surface area (Å²) >= 11 is 0. The minimum Gasteiger partial charge on any atom is -0.383 e. The van der Waals surface area contributed by atoms with Gasteiger partial charge in [-0.1, -0.05) is 29.8 Å². The second-order valence-corrected chi connectivity index (χ2v) is 5.69. The number of ether oxygens (including phenoxy) is 1. The number of carbonyl (C=O) groups is 1. The van der Waals surface area contributed by atoms with Crippen molar-refractivity contribution in [2.24, 2.45) is 4.99 Å². The molecule has 1 N–H and O–H groups in total. The maximum Gasteiger partial charge on any atom is 0.243 e. The number of carbonyl (C=O) groups excluding carboxylic acids is 1. The molecular weight excluding hydrogens is 292 g/mol. The average molecular weight is 320 g/mol. The molecule has 23 heavy (non-hydrogen) atoms. The molecule has 0 saturated carbocycles. The Hall–Kier alpha value is -2.08. The van der Waals surface area contributed by atoms with Crippen LogP contribution in [0.25, 0.3) is 0 Å². The van der Waals surface area contributed by atoms with Gasteiger partial charge in [-0.05, 0) is 12.5 Å². The quantitative estimate of drug-likeness (QED) is 0.464. The third-order valence-electron chi connectivity index (χ3n) is 3.35. The summed E-state index contributed by atoms with van der Waals surface area (Å²) in [4.78, 5) is 19.7. The van der Waals surface area contributed by atoms with E-state index in [1.807, 2.05) is 11.9 Å². The first kappa shape index (κ1) is 19.0. The van der Waals surface area contributed by atoms with Gasteiger partial charge in [0.2, 0.25) is 5.91 Å². The summed E-state index contributed by atoms with van der Waals surface area (Å²) in [5.41, 5.74) is 2.43. The predicted molar refractivity (Wildman–Crippen MR) is 93.5 cm³/mol. The molecule has 1 rings (SSSR count). The van der Waals surface area contributed by atoms with E-state index in [2.05, 4.69) is 41.5 Å². The molecule has 6 nitrogen and oxygen atoms in total. The topological polar surface area (TPSA) is 57.2 Å². The molecule has 1 aromatic carbocycles. The molecule has 0 bridgehead atoms. The Kier molecular flexibility index (Phi) is 8.11. The number of nitrogens with one attached hydrogen (secondary N) is 1. The summed E-state index contributed by atoms with van der Waals surface area (Å²) < 4.78 is 5.06. The standard InChI is InChI=1S/C17H28N4O2/c1-14-6-8-15(9-7-14)13-21(4)17(18-10-11-23-5)19-12-16(22)20(2)3/h6-9H,10-13H2,1-5H3,(H,18,19). The zero-order valence-electron chi connectivity index (χ0n) is 14.8. The van der Waals surface area contributed by atoms with Gasteiger partial charge in [-0.15, -0.1) is 0 Å². The minimum atomic E-state index is -0.0280. The van der Waals surface area contributed by atoms with E-state index in [0.29, 0.717) is 19.1 Å². The monoisotopic (exact) mass is 320 g/mol. The summed E-state index contributed by atoms with van der Waals surface area (Å²) in [6, 6.07) is 8.38. The smallest absolute Gasteiger partial charge is 0.243 e. The molecule has 1 amide bonds. The first-order valence-corrected chi connectivity index (χ1v) is 7.68. The van der Waals surface area contributed by atoms with Crippen LogP contribution in [0.4, 0.5) is 0 Å². The van der Waals surface area contributed by atoms with Crippen molar-refractivity contribution in [3.05, 3.63) is 35.4 Å². The number of hydrogen-bond acceptors (Lipinski definition) is 3. The van der Waals surface area contributed by atoms with E-state index < -0.39 is 0 Å². The maximum atomic E-state index is 11.7. The Morgan fingerprint density at radius 1 is 1.22 bits per heavy atom. The number of nitrogens with zero attached hydrogens (tertiary/aromatic N) is 3. The van der Waals surface area contributed by atoms with Crippen molar-refractivity contribution >= 4 is 11.9 Å². The van der Waals surface area contributed by atoms with E-state index in [-0.39, 0.29) is 12.5 Å². The molecule has 0 unspecified atom stereocenters. The first-order valence-electron chi connectivity index (χ1n) is 7.68. The molecule has 1 aromatic rings. The lowest BCUT2D eigenvalue weighted by Gasteiger charge is -2.23. The highest BCUT2D eigenvalue weighted by molar-refractivity contribution is 5.84. The van der Waals surface area contributed by atoms with Crippen LogP contribution in [0.15, 0.2) is 29.3 Å². The number of likely N-dealkylation sites (N-methyl/N-ethyl adjacent to an activating group) is 1. The summed E-state index contributed by atoms with van der Waals surface area (Å²) in [5, 5.41) is 3.23. The van der Waals surface area contributed by atoms with Crippen molar-refractivity contribution in [3.8, 4) is 0 Å². The zero-order valence-corrected chi connectivity index (χ0v) is 14.8. The van der Waals surface area contributed by atoms with Gasteiger partial charge in [-0.25, -0.2) is 4.99 Å². The Morgan fingerprint density at radius 3 is 2.43 bits per heavy atom. The van der Waals surface area contributed by atoms with Crippen molar-refractivity contribution in [1.29, 1.82) is 0 Å². The molecule has 128 valence electrons. The molecule has 0 saturated heterocycles. The van der Waals surface area contributed by atoms with Gasteiger partial charge in [-0.3, -0.25) is 4.79 Å². The highest BCUT2D eigenvalue weighted by Gasteiger charge is 2.09. The molecule has 0 heterocycles. The van der Waals surface area contributed by atoms with Gasteiger partial charge in [0.05, 0.1) is 6.61 Å². The van der Waals surface area contributed by atoms with Crippen LogP contribution in [0.2, 0.25) is 0 Å². The van der Waals surface area contributed by atoms with E-state index in [4.69, 9.17) is 4.74 Å². The lowest BCUT2D eigenvalue weighted by Crippen LogP contribution is -2.41. The van der Waals surface area contributed by atoms with Crippen LogP contribution in [0.3, 0.4) is 0 Å². The molecule has 0 spiro atoms. The highest BCUT2D eigenvalue weighted by atomic mass is 16.5. The van der Waals surface area contributed by atoms with Gasteiger partial charge in [0, 0.05) is 41.3 Å². The molecule has 0 aliphatic carbocycles. The van der Waals surface area contributed by atoms with Crippen molar-refractivity contribution in [2.75, 3.05) is 47.9 Å². The fourth-order valence-corrected chi connectivity index (χ4v) is 1.90. The lowest BCUT2D eigenvalue weighted by atomic mass is 10.1. The Morgan fingerprint density at radius 2 is 1.87 bits per heavy atom. The molecule has 0 aromatic heterocycles. The van der Waals surface area contributed by atoms with Crippen LogP contribution in [-0.4, -0.2) is 69.6 Å². The largest absolute Gasteiger partial charge is 0.383 e. The summed E-state index contributed by atoms with van der Waals surface area (Å²) in [7, 11) is 7.07. The van der Waals surface area contributed by atoms with E-state index in [0.717, 1.165) is 6.54 Å². The van der Waals surface area contributed by atoms with Gasteiger partial charge in [0.1, 0.15) is 6.54 Å². The van der Waals surface area contributed by atoms with Crippen LogP contribution < -0.4 is 5.32 Å². The van der Waals surface area contributed by atoms with E-state index in [1.54, 1.807) is 21.2 Å². The summed E-state index contributed by atoms with van der Waals surface area (Å²) in [6.45, 7) is 4.14.